The van der Waals surface area contributed by atoms with Gasteiger partial charge >= 0.3 is 0 Å². The maximum Gasteiger partial charge on any atom is 0.255 e. The summed E-state index contributed by atoms with van der Waals surface area (Å²) in [6, 6.07) is 33.0. The number of pyridine rings is 1. The molecule has 7 rings (SSSR count). The lowest BCUT2D eigenvalue weighted by Gasteiger charge is -2.20. The topological polar surface area (TPSA) is 67.2 Å². The highest BCUT2D eigenvalue weighted by Gasteiger charge is 2.45. The molecule has 2 heterocycles. The van der Waals surface area contributed by atoms with E-state index in [9.17, 15) is 9.18 Å². The SMILES string of the molecule is CNC(=O)c1c(-c2ccc(F)cc2)oc2ccc(-c3ccc(-c4ccccc4C)c(CNC4(c5ccccn5)CC4)c3)cc12. The number of aryl methyl sites for hydroxylation is 1. The largest absolute Gasteiger partial charge is 0.455 e. The van der Waals surface area contributed by atoms with E-state index in [1.54, 1.807) is 19.2 Å². The number of aromatic nitrogens is 1. The number of hydrogen-bond acceptors (Lipinski definition) is 4. The van der Waals surface area contributed by atoms with E-state index in [1.165, 1.54) is 34.4 Å². The molecular weight excluding hydrogens is 549 g/mol. The van der Waals surface area contributed by atoms with E-state index in [4.69, 9.17) is 4.42 Å². The third kappa shape index (κ3) is 5.07. The van der Waals surface area contributed by atoms with E-state index < -0.39 is 0 Å². The standard InChI is InChI=1S/C38H32FN3O2/c1-24-7-3-4-8-30(24)31-16-12-26(21-28(31)23-42-38(18-19-38)34-9-5-6-20-41-34)27-13-17-33-32(22-27)35(37(43)40-2)36(44-33)25-10-14-29(39)15-11-25/h3-17,20-22,42H,18-19,23H2,1-2H3,(H,40,43). The Balaban J connectivity index is 1.31. The van der Waals surface area contributed by atoms with Crippen molar-refractivity contribution < 1.29 is 13.6 Å². The molecule has 1 fully saturated rings. The summed E-state index contributed by atoms with van der Waals surface area (Å²) in [7, 11) is 1.60. The highest BCUT2D eigenvalue weighted by atomic mass is 19.1. The zero-order valence-corrected chi connectivity index (χ0v) is 24.7. The monoisotopic (exact) mass is 581 g/mol. The summed E-state index contributed by atoms with van der Waals surface area (Å²) in [6.07, 6.45) is 3.97. The molecule has 0 spiro atoms. The minimum absolute atomic E-state index is 0.102. The first-order valence-electron chi connectivity index (χ1n) is 14.9. The number of benzene rings is 4. The van der Waals surface area contributed by atoms with Gasteiger partial charge in [0.15, 0.2) is 0 Å². The molecule has 0 aliphatic heterocycles. The summed E-state index contributed by atoms with van der Waals surface area (Å²) in [5, 5.41) is 7.29. The predicted molar refractivity (Wildman–Crippen MR) is 173 cm³/mol. The molecule has 1 aliphatic carbocycles. The fraction of sp³-hybridized carbons (Fsp3) is 0.158. The minimum Gasteiger partial charge on any atom is -0.455 e. The Kier molecular flexibility index (Phi) is 7.07. The number of rotatable bonds is 8. The quantitative estimate of drug-likeness (QED) is 0.189. The summed E-state index contributed by atoms with van der Waals surface area (Å²) >= 11 is 0. The Morgan fingerprint density at radius 3 is 2.32 bits per heavy atom. The van der Waals surface area contributed by atoms with Crippen LogP contribution >= 0.6 is 0 Å². The molecule has 6 aromatic rings. The van der Waals surface area contributed by atoms with Gasteiger partial charge in [0.2, 0.25) is 0 Å². The van der Waals surface area contributed by atoms with E-state index >= 15 is 0 Å². The van der Waals surface area contributed by atoms with Crippen LogP contribution in [0.2, 0.25) is 0 Å². The molecule has 2 aromatic heterocycles. The Labute approximate surface area is 255 Å². The number of carbonyl (C=O) groups excluding carboxylic acids is 1. The van der Waals surface area contributed by atoms with Gasteiger partial charge in [-0.2, -0.15) is 0 Å². The van der Waals surface area contributed by atoms with Crippen molar-refractivity contribution in [2.75, 3.05) is 7.05 Å². The van der Waals surface area contributed by atoms with Crippen LogP contribution in [0.15, 0.2) is 114 Å². The third-order valence-electron chi connectivity index (χ3n) is 8.64. The van der Waals surface area contributed by atoms with Crippen molar-refractivity contribution in [1.29, 1.82) is 0 Å². The first kappa shape index (κ1) is 27.7. The summed E-state index contributed by atoms with van der Waals surface area (Å²) in [5.41, 5.74) is 9.44. The van der Waals surface area contributed by atoms with E-state index in [1.807, 2.05) is 36.5 Å². The summed E-state index contributed by atoms with van der Waals surface area (Å²) < 4.78 is 19.8. The highest BCUT2D eigenvalue weighted by molar-refractivity contribution is 6.11. The van der Waals surface area contributed by atoms with Crippen LogP contribution in [0, 0.1) is 12.7 Å². The molecule has 44 heavy (non-hydrogen) atoms. The van der Waals surface area contributed by atoms with Crippen molar-refractivity contribution in [1.82, 2.24) is 15.6 Å². The second-order valence-corrected chi connectivity index (χ2v) is 11.4. The van der Waals surface area contributed by atoms with Crippen molar-refractivity contribution in [3.63, 3.8) is 0 Å². The fourth-order valence-corrected chi connectivity index (χ4v) is 6.05. The molecule has 0 atom stereocenters. The van der Waals surface area contributed by atoms with E-state index in [0.29, 0.717) is 34.4 Å². The summed E-state index contributed by atoms with van der Waals surface area (Å²) in [5.74, 6) is -0.189. The fourth-order valence-electron chi connectivity index (χ4n) is 6.05. The molecule has 6 heteroatoms. The molecule has 4 aromatic carbocycles. The van der Waals surface area contributed by atoms with Crippen LogP contribution in [0.5, 0.6) is 0 Å². The van der Waals surface area contributed by atoms with Crippen molar-refractivity contribution in [3.05, 3.63) is 138 Å². The van der Waals surface area contributed by atoms with Crippen LogP contribution in [0.4, 0.5) is 4.39 Å². The van der Waals surface area contributed by atoms with Gasteiger partial charge in [-0.1, -0.05) is 48.5 Å². The molecule has 0 bridgehead atoms. The van der Waals surface area contributed by atoms with Crippen LogP contribution in [0.25, 0.3) is 44.5 Å². The van der Waals surface area contributed by atoms with E-state index in [0.717, 1.165) is 29.7 Å². The average Bonchev–Trinajstić information content (AvgIpc) is 3.77. The zero-order valence-electron chi connectivity index (χ0n) is 24.7. The number of fused-ring (bicyclic) bond motifs is 1. The highest BCUT2D eigenvalue weighted by Crippen LogP contribution is 2.45. The Morgan fingerprint density at radius 2 is 1.59 bits per heavy atom. The lowest BCUT2D eigenvalue weighted by molar-refractivity contribution is 0.0964. The van der Waals surface area contributed by atoms with Crippen molar-refractivity contribution in [2.24, 2.45) is 0 Å². The van der Waals surface area contributed by atoms with Gasteiger partial charge in [-0.05, 0) is 108 Å². The number of nitrogens with one attached hydrogen (secondary N) is 2. The number of carbonyl (C=O) groups is 1. The van der Waals surface area contributed by atoms with Gasteiger partial charge in [0.1, 0.15) is 17.2 Å². The van der Waals surface area contributed by atoms with Crippen LogP contribution in [-0.2, 0) is 12.1 Å². The maximum atomic E-state index is 13.7. The molecule has 0 radical (unpaired) electrons. The van der Waals surface area contributed by atoms with Gasteiger partial charge in [-0.15, -0.1) is 0 Å². The third-order valence-corrected chi connectivity index (χ3v) is 8.64. The first-order chi connectivity index (χ1) is 21.5. The predicted octanol–water partition coefficient (Wildman–Crippen LogP) is 8.41. The molecule has 0 unspecified atom stereocenters. The number of halogens is 1. The van der Waals surface area contributed by atoms with Gasteiger partial charge in [0.25, 0.3) is 5.91 Å². The van der Waals surface area contributed by atoms with Crippen molar-refractivity contribution >= 4 is 16.9 Å². The van der Waals surface area contributed by atoms with Crippen LogP contribution in [-0.4, -0.2) is 17.9 Å². The lowest BCUT2D eigenvalue weighted by Crippen LogP contribution is -2.29. The molecule has 218 valence electrons. The number of hydrogen-bond donors (Lipinski definition) is 2. The van der Waals surface area contributed by atoms with Crippen LogP contribution < -0.4 is 10.6 Å². The van der Waals surface area contributed by atoms with Gasteiger partial charge in [0.05, 0.1) is 16.8 Å². The molecule has 1 saturated carbocycles. The van der Waals surface area contributed by atoms with E-state index in [-0.39, 0.29) is 17.3 Å². The van der Waals surface area contributed by atoms with Gasteiger partial charge in [-0.25, -0.2) is 4.39 Å². The number of amides is 1. The van der Waals surface area contributed by atoms with Gasteiger partial charge < -0.3 is 15.1 Å². The molecule has 1 amide bonds. The van der Waals surface area contributed by atoms with Gasteiger partial charge in [-0.3, -0.25) is 9.78 Å². The molecule has 1 aliphatic rings. The second kappa shape index (κ2) is 11.2. The smallest absolute Gasteiger partial charge is 0.255 e. The average molecular weight is 582 g/mol. The first-order valence-corrected chi connectivity index (χ1v) is 14.9. The van der Waals surface area contributed by atoms with Crippen LogP contribution in [0.1, 0.15) is 40.0 Å². The van der Waals surface area contributed by atoms with E-state index in [2.05, 4.69) is 71.1 Å². The normalized spacial score (nSPS) is 13.6. The van der Waals surface area contributed by atoms with Crippen molar-refractivity contribution in [2.45, 2.75) is 31.8 Å². The summed E-state index contributed by atoms with van der Waals surface area (Å²) in [4.78, 5) is 17.8. The van der Waals surface area contributed by atoms with Gasteiger partial charge in [0, 0.05) is 30.7 Å². The lowest BCUT2D eigenvalue weighted by atomic mass is 9.92. The minimum atomic E-state index is -0.347. The second-order valence-electron chi connectivity index (χ2n) is 11.4. The Bertz CT molecular complexity index is 1990. The Hall–Kier alpha value is -5.07. The van der Waals surface area contributed by atoms with Crippen LogP contribution in [0.3, 0.4) is 0 Å². The molecule has 0 saturated heterocycles. The number of furan rings is 1. The maximum absolute atomic E-state index is 13.7. The number of nitrogens with zero attached hydrogens (tertiary/aromatic N) is 1. The van der Waals surface area contributed by atoms with Crippen molar-refractivity contribution in [3.8, 4) is 33.6 Å². The zero-order chi connectivity index (χ0) is 30.3. The molecule has 2 N–H and O–H groups in total. The molecular formula is C38H32FN3O2. The molecule has 5 nitrogen and oxygen atoms in total. The summed E-state index contributed by atoms with van der Waals surface area (Å²) in [6.45, 7) is 2.82. The Morgan fingerprint density at radius 1 is 0.864 bits per heavy atom.